The molecule has 7 nitrogen and oxygen atoms in total. The van der Waals surface area contributed by atoms with E-state index in [4.69, 9.17) is 5.26 Å². The van der Waals surface area contributed by atoms with Crippen molar-refractivity contribution in [1.29, 1.82) is 5.26 Å². The Kier molecular flexibility index (Phi) is 12.3. The summed E-state index contributed by atoms with van der Waals surface area (Å²) >= 11 is 0. The number of pyridine rings is 1. The van der Waals surface area contributed by atoms with Gasteiger partial charge in [-0.25, -0.2) is 9.67 Å². The quantitative estimate of drug-likeness (QED) is 0.477. The van der Waals surface area contributed by atoms with Crippen LogP contribution >= 0.6 is 0 Å². The number of carbonyl (C=O) groups is 1. The molecule has 0 aliphatic carbocycles. The van der Waals surface area contributed by atoms with Gasteiger partial charge in [0.25, 0.3) is 0 Å². The van der Waals surface area contributed by atoms with Crippen LogP contribution in [-0.4, -0.2) is 52.8 Å². The number of Topliss-reactive ketones (excluding diaryl/α,β-unsaturated/α-hetero) is 1. The van der Waals surface area contributed by atoms with Gasteiger partial charge in [-0.15, -0.1) is 0 Å². The average Bonchev–Trinajstić information content (AvgIpc) is 3.47. The van der Waals surface area contributed by atoms with E-state index >= 15 is 0 Å². The van der Waals surface area contributed by atoms with Gasteiger partial charge in [-0.3, -0.25) is 4.79 Å². The normalized spacial score (nSPS) is 15.7. The Bertz CT molecular complexity index is 871. The molecule has 0 radical (unpaired) electrons. The first-order chi connectivity index (χ1) is 15.3. The Morgan fingerprint density at radius 3 is 2.41 bits per heavy atom. The van der Waals surface area contributed by atoms with Crippen molar-refractivity contribution in [2.24, 2.45) is 11.8 Å². The lowest BCUT2D eigenvalue weighted by Gasteiger charge is -2.12. The lowest BCUT2D eigenvalue weighted by Crippen LogP contribution is -2.16. The van der Waals surface area contributed by atoms with Gasteiger partial charge in [0.1, 0.15) is 5.69 Å². The van der Waals surface area contributed by atoms with Crippen molar-refractivity contribution in [2.75, 3.05) is 27.3 Å². The lowest BCUT2D eigenvalue weighted by molar-refractivity contribution is 0.0921. The number of carbonyl (C=O) groups excluding carboxylic acids is 1. The number of aryl methyl sites for hydroxylation is 2. The van der Waals surface area contributed by atoms with Crippen LogP contribution in [0, 0.1) is 23.3 Å². The second-order valence-corrected chi connectivity index (χ2v) is 8.20. The Morgan fingerprint density at radius 1 is 1.28 bits per heavy atom. The number of methoxy groups -OCH3 is 1. The van der Waals surface area contributed by atoms with Crippen LogP contribution in [0.4, 0.5) is 0 Å². The predicted octanol–water partition coefficient (Wildman–Crippen LogP) is 4.69. The number of hydrogen-bond donors (Lipinski definition) is 0. The first-order valence-electron chi connectivity index (χ1n) is 11.5. The fourth-order valence-corrected chi connectivity index (χ4v) is 3.22. The number of nitrogens with zero attached hydrogens (tertiary/aromatic N) is 5. The van der Waals surface area contributed by atoms with Crippen LogP contribution in [0.5, 0.6) is 0 Å². The van der Waals surface area contributed by atoms with Crippen molar-refractivity contribution in [2.45, 2.75) is 60.3 Å². The van der Waals surface area contributed by atoms with E-state index in [-0.39, 0.29) is 11.7 Å². The number of ether oxygens (including phenoxy) is 1. The summed E-state index contributed by atoms with van der Waals surface area (Å²) in [5, 5.41) is 12.7. The third-order valence-corrected chi connectivity index (χ3v) is 5.48. The average molecular weight is 442 g/mol. The summed E-state index contributed by atoms with van der Waals surface area (Å²) < 4.78 is 5.99. The molecule has 1 aliphatic rings. The molecule has 1 fully saturated rings. The van der Waals surface area contributed by atoms with Gasteiger partial charge in [0, 0.05) is 39.4 Å². The van der Waals surface area contributed by atoms with Gasteiger partial charge in [0.15, 0.2) is 17.8 Å². The molecule has 1 aliphatic heterocycles. The Balaban J connectivity index is 0.000000384. The highest BCUT2D eigenvalue weighted by Gasteiger charge is 2.19. The van der Waals surface area contributed by atoms with Crippen LogP contribution < -0.4 is 0 Å². The van der Waals surface area contributed by atoms with Crippen molar-refractivity contribution in [3.05, 3.63) is 41.3 Å². The van der Waals surface area contributed by atoms with E-state index in [1.165, 1.54) is 6.42 Å². The molecule has 176 valence electrons. The van der Waals surface area contributed by atoms with Crippen molar-refractivity contribution in [3.8, 4) is 12.0 Å². The van der Waals surface area contributed by atoms with E-state index < -0.39 is 0 Å². The van der Waals surface area contributed by atoms with Crippen LogP contribution in [0.1, 0.15) is 69.1 Å². The zero-order chi connectivity index (χ0) is 24.1. The second-order valence-electron chi connectivity index (χ2n) is 8.20. The summed E-state index contributed by atoms with van der Waals surface area (Å²) in [5.41, 5.74) is 2.76. The molecule has 0 spiro atoms. The lowest BCUT2D eigenvalue weighted by atomic mass is 9.97. The first-order valence-corrected chi connectivity index (χ1v) is 11.5. The maximum atomic E-state index is 12.5. The first kappa shape index (κ1) is 27.3. The van der Waals surface area contributed by atoms with E-state index in [0.29, 0.717) is 11.5 Å². The van der Waals surface area contributed by atoms with Gasteiger partial charge in [0.2, 0.25) is 0 Å². The molecule has 2 unspecified atom stereocenters. The van der Waals surface area contributed by atoms with Gasteiger partial charge in [0.05, 0.1) is 6.20 Å². The van der Waals surface area contributed by atoms with E-state index in [9.17, 15) is 4.79 Å². The van der Waals surface area contributed by atoms with E-state index in [1.807, 2.05) is 50.2 Å². The number of nitriles is 1. The Labute approximate surface area is 193 Å². The van der Waals surface area contributed by atoms with E-state index in [1.54, 1.807) is 18.9 Å². The minimum absolute atomic E-state index is 0.00174. The molecule has 32 heavy (non-hydrogen) atoms. The van der Waals surface area contributed by atoms with Crippen LogP contribution in [-0.2, 0) is 17.6 Å². The highest BCUT2D eigenvalue weighted by Crippen LogP contribution is 2.18. The zero-order valence-corrected chi connectivity index (χ0v) is 20.8. The smallest absolute Gasteiger partial charge is 0.184 e. The minimum atomic E-state index is 0.00174. The third-order valence-electron chi connectivity index (χ3n) is 5.48. The minimum Gasteiger partial charge on any atom is -0.388 e. The summed E-state index contributed by atoms with van der Waals surface area (Å²) in [6.07, 6.45) is 9.69. The third kappa shape index (κ3) is 8.08. The number of rotatable bonds is 6. The molecule has 2 aromatic rings. The molecule has 0 N–H and O–H groups in total. The van der Waals surface area contributed by atoms with Crippen molar-refractivity contribution < 1.29 is 9.53 Å². The molecular formula is C25H39N5O2. The molecule has 0 amide bonds. The van der Waals surface area contributed by atoms with Gasteiger partial charge >= 0.3 is 0 Å². The van der Waals surface area contributed by atoms with Gasteiger partial charge < -0.3 is 9.64 Å². The molecule has 0 aromatic carbocycles. The topological polar surface area (TPSA) is 84.0 Å². The van der Waals surface area contributed by atoms with Gasteiger partial charge in [-0.2, -0.15) is 10.4 Å². The highest BCUT2D eigenvalue weighted by atomic mass is 16.4. The van der Waals surface area contributed by atoms with Crippen LogP contribution in [0.15, 0.2) is 24.5 Å². The van der Waals surface area contributed by atoms with Gasteiger partial charge in [-0.05, 0) is 48.8 Å². The Hall–Kier alpha value is -2.72. The number of aromatic nitrogens is 3. The van der Waals surface area contributed by atoms with Gasteiger partial charge in [-0.1, -0.05) is 40.7 Å². The monoisotopic (exact) mass is 441 g/mol. The summed E-state index contributed by atoms with van der Waals surface area (Å²) in [6, 6.07) is 3.92. The zero-order valence-electron chi connectivity index (χ0n) is 20.8. The van der Waals surface area contributed by atoms with Crippen molar-refractivity contribution in [3.63, 3.8) is 0 Å². The molecule has 1 saturated heterocycles. The largest absolute Gasteiger partial charge is 0.388 e. The summed E-state index contributed by atoms with van der Waals surface area (Å²) in [6.45, 7) is 12.2. The SMILES string of the molecule is CC1CCN(C#N)C1.CCc1cnn(-c2ccc(CC)c(C(=O)C(C)CC)n2)c1.COC. The standard InChI is InChI=1S/C17H23N3O.C6H10N2.C2H6O/c1-5-12(4)17(21)16-14(7-3)8-9-15(19-16)20-11-13(6-2)10-18-20;1-6-2-3-8(4-6)5-7;1-3-2/h8-12H,5-7H2,1-4H3;6H,2-4H2,1H3;1-2H3. The predicted molar refractivity (Wildman–Crippen MR) is 128 cm³/mol. The van der Waals surface area contributed by atoms with Crippen LogP contribution in [0.25, 0.3) is 5.82 Å². The maximum Gasteiger partial charge on any atom is 0.184 e. The summed E-state index contributed by atoms with van der Waals surface area (Å²) in [5.74, 6) is 1.56. The van der Waals surface area contributed by atoms with Crippen molar-refractivity contribution in [1.82, 2.24) is 19.7 Å². The fraction of sp³-hybridized carbons (Fsp3) is 0.600. The molecule has 2 atom stereocenters. The van der Waals surface area contributed by atoms with Crippen molar-refractivity contribution >= 4 is 5.78 Å². The van der Waals surface area contributed by atoms with E-state index in [0.717, 1.165) is 49.4 Å². The second kappa shape index (κ2) is 14.4. The Morgan fingerprint density at radius 2 is 1.97 bits per heavy atom. The number of likely N-dealkylation sites (tertiary alicyclic amines) is 1. The molecule has 3 rings (SSSR count). The molecule has 0 saturated carbocycles. The molecule has 7 heteroatoms. The molecular weight excluding hydrogens is 402 g/mol. The van der Waals surface area contributed by atoms with Crippen LogP contribution in [0.2, 0.25) is 0 Å². The molecule has 3 heterocycles. The number of ketones is 1. The highest BCUT2D eigenvalue weighted by molar-refractivity contribution is 5.97. The fourth-order valence-electron chi connectivity index (χ4n) is 3.22. The summed E-state index contributed by atoms with van der Waals surface area (Å²) in [7, 11) is 3.25. The number of hydrogen-bond acceptors (Lipinski definition) is 6. The van der Waals surface area contributed by atoms with Crippen LogP contribution in [0.3, 0.4) is 0 Å². The summed E-state index contributed by atoms with van der Waals surface area (Å²) in [4.78, 5) is 18.9. The van der Waals surface area contributed by atoms with E-state index in [2.05, 4.69) is 34.9 Å². The molecule has 0 bridgehead atoms. The maximum absolute atomic E-state index is 12.5. The molecule has 2 aromatic heterocycles.